The lowest BCUT2D eigenvalue weighted by atomic mass is 10.1. The summed E-state index contributed by atoms with van der Waals surface area (Å²) in [5.74, 6) is 0.130. The van der Waals surface area contributed by atoms with Crippen LogP contribution in [0.25, 0.3) is 0 Å². The zero-order chi connectivity index (χ0) is 8.55. The minimum atomic E-state index is -0.866. The van der Waals surface area contributed by atoms with E-state index in [0.29, 0.717) is 11.3 Å². The first-order valence-electron chi connectivity index (χ1n) is 3.84. The van der Waals surface area contributed by atoms with E-state index in [1.165, 1.54) is 0 Å². The molecule has 1 aliphatic rings. The van der Waals surface area contributed by atoms with Crippen molar-refractivity contribution in [2.75, 3.05) is 0 Å². The van der Waals surface area contributed by atoms with Crippen LogP contribution in [-0.2, 0) is 11.2 Å². The van der Waals surface area contributed by atoms with Crippen LogP contribution in [0.2, 0.25) is 0 Å². The number of nitrogens with one attached hydrogen (secondary N) is 1. The predicted molar refractivity (Wildman–Crippen MR) is 38.9 cm³/mol. The lowest BCUT2D eigenvalue weighted by Crippen LogP contribution is -2.32. The molecule has 1 heterocycles. The van der Waals surface area contributed by atoms with Crippen LogP contribution in [0.5, 0.6) is 5.75 Å². The van der Waals surface area contributed by atoms with Gasteiger partial charge < -0.3 is 4.84 Å². The van der Waals surface area contributed by atoms with Crippen LogP contribution in [0, 0.1) is 0 Å². The maximum atomic E-state index is 10.9. The molecule has 0 radical (unpaired) electrons. The Labute approximate surface area is 65.3 Å². The van der Waals surface area contributed by atoms with Crippen molar-refractivity contribution >= 4 is 5.91 Å². The average molecular weight is 150 g/mol. The van der Waals surface area contributed by atoms with Crippen LogP contribution in [-0.4, -0.2) is 5.91 Å². The fraction of sp³-hybridized carbons (Fsp3) is 0.125. The van der Waals surface area contributed by atoms with E-state index in [2.05, 4.69) is 5.48 Å². The largest absolute Gasteiger partial charge is 0.379 e. The van der Waals surface area contributed by atoms with Crippen LogP contribution in [0.15, 0.2) is 24.3 Å². The van der Waals surface area contributed by atoms with E-state index in [9.17, 15) is 4.79 Å². The van der Waals surface area contributed by atoms with Gasteiger partial charge in [0, 0.05) is 6.93 Å². The van der Waals surface area contributed by atoms with Gasteiger partial charge in [-0.3, -0.25) is 4.79 Å². The van der Waals surface area contributed by atoms with Gasteiger partial charge >= 0.3 is 0 Å². The summed E-state index contributed by atoms with van der Waals surface area (Å²) >= 11 is 0. The number of amides is 1. The Balaban J connectivity index is 2.48. The molecule has 0 spiro atoms. The molecule has 1 N–H and O–H groups in total. The molecule has 11 heavy (non-hydrogen) atoms. The number of carbonyl (C=O) groups excluding carboxylic acids is 1. The summed E-state index contributed by atoms with van der Waals surface area (Å²) in [7, 11) is 0. The van der Waals surface area contributed by atoms with Crippen molar-refractivity contribution in [1.82, 2.24) is 5.48 Å². The zero-order valence-corrected chi connectivity index (χ0v) is 5.70. The van der Waals surface area contributed by atoms with E-state index >= 15 is 0 Å². The molecular formula is C8H7NO2. The Kier molecular flexibility index (Phi) is 1.07. The number of rotatable bonds is 0. The molecular weight excluding hydrogens is 142 g/mol. The lowest BCUT2D eigenvalue weighted by molar-refractivity contribution is -0.128. The highest BCUT2D eigenvalue weighted by atomic mass is 16.7. The molecule has 0 aromatic heterocycles. The monoisotopic (exact) mass is 150 g/mol. The van der Waals surface area contributed by atoms with Crippen LogP contribution in [0.1, 0.15) is 6.93 Å². The molecule has 56 valence electrons. The van der Waals surface area contributed by atoms with Crippen molar-refractivity contribution in [3.05, 3.63) is 29.8 Å². The Hall–Kier alpha value is -1.51. The van der Waals surface area contributed by atoms with Gasteiger partial charge in [0.2, 0.25) is 0 Å². The molecule has 1 aliphatic heterocycles. The second kappa shape index (κ2) is 2.27. The van der Waals surface area contributed by atoms with Crippen LogP contribution in [0.4, 0.5) is 0 Å². The van der Waals surface area contributed by atoms with Gasteiger partial charge in [0.1, 0.15) is 0 Å². The molecule has 1 atom stereocenters. The van der Waals surface area contributed by atoms with Gasteiger partial charge in [-0.05, 0) is 6.07 Å². The highest BCUT2D eigenvalue weighted by Crippen LogP contribution is 2.19. The van der Waals surface area contributed by atoms with Crippen molar-refractivity contribution < 1.29 is 11.0 Å². The van der Waals surface area contributed by atoms with Crippen molar-refractivity contribution in [3.8, 4) is 5.75 Å². The summed E-state index contributed by atoms with van der Waals surface area (Å²) in [6.07, 6.45) is -0.866. The molecule has 3 nitrogen and oxygen atoms in total. The van der Waals surface area contributed by atoms with Gasteiger partial charge in [-0.15, -0.1) is 0 Å². The van der Waals surface area contributed by atoms with Crippen molar-refractivity contribution in [3.63, 3.8) is 0 Å². The van der Waals surface area contributed by atoms with Gasteiger partial charge in [0.05, 0.1) is 6.40 Å². The van der Waals surface area contributed by atoms with Gasteiger partial charge in [-0.25, -0.2) is 0 Å². The summed E-state index contributed by atoms with van der Waals surface area (Å²) in [5.41, 5.74) is 2.77. The highest BCUT2D eigenvalue weighted by molar-refractivity contribution is 5.79. The van der Waals surface area contributed by atoms with Crippen LogP contribution in [0.3, 0.4) is 0 Å². The van der Waals surface area contributed by atoms with Gasteiger partial charge in [-0.1, -0.05) is 18.2 Å². The first-order chi connectivity index (χ1) is 5.79. The molecule has 0 aliphatic carbocycles. The fourth-order valence-electron chi connectivity index (χ4n) is 0.969. The standard InChI is InChI=1S/C8H7NO2/c10-8-5-6-3-1-2-4-7(6)11-9-8/h1-4H,5H2,(H,9,10)/i5D. The number of benzene rings is 1. The van der Waals surface area contributed by atoms with Crippen molar-refractivity contribution in [2.45, 2.75) is 6.40 Å². The number of fused-ring (bicyclic) bond motifs is 1. The van der Waals surface area contributed by atoms with Crippen molar-refractivity contribution in [2.24, 2.45) is 0 Å². The molecule has 3 heteroatoms. The number of para-hydroxylation sites is 1. The average Bonchev–Trinajstić information content (AvgIpc) is 2.12. The number of hydrogen-bond acceptors (Lipinski definition) is 2. The van der Waals surface area contributed by atoms with Crippen molar-refractivity contribution in [1.29, 1.82) is 0 Å². The SMILES string of the molecule is [2H]C1C(=O)NOc2ccccc21. The first kappa shape index (κ1) is 5.18. The summed E-state index contributed by atoms with van der Waals surface area (Å²) in [5, 5.41) is 0. The van der Waals surface area contributed by atoms with Crippen LogP contribution < -0.4 is 10.3 Å². The smallest absolute Gasteiger partial charge is 0.257 e. The number of hydroxylamine groups is 1. The maximum absolute atomic E-state index is 10.9. The summed E-state index contributed by atoms with van der Waals surface area (Å²) < 4.78 is 7.47. The third-order valence-corrected chi connectivity index (χ3v) is 1.47. The third-order valence-electron chi connectivity index (χ3n) is 1.47. The van der Waals surface area contributed by atoms with E-state index in [4.69, 9.17) is 6.21 Å². The second-order valence-corrected chi connectivity index (χ2v) is 2.25. The molecule has 1 amide bonds. The molecule has 2 rings (SSSR count). The summed E-state index contributed by atoms with van der Waals surface area (Å²) in [4.78, 5) is 15.8. The van der Waals surface area contributed by atoms with Gasteiger partial charge in [-0.2, -0.15) is 5.48 Å². The minimum absolute atomic E-state index is 0.422. The Bertz CT molecular complexity index is 327. The number of carbonyl (C=O) groups is 1. The Morgan fingerprint density at radius 2 is 2.36 bits per heavy atom. The van der Waals surface area contributed by atoms with E-state index in [1.807, 2.05) is 0 Å². The Morgan fingerprint density at radius 1 is 1.55 bits per heavy atom. The minimum Gasteiger partial charge on any atom is -0.379 e. The predicted octanol–water partition coefficient (Wildman–Crippen LogP) is 0.653. The summed E-state index contributed by atoms with van der Waals surface area (Å²) in [6.45, 7) is 0. The second-order valence-electron chi connectivity index (χ2n) is 2.25. The molecule has 0 fully saturated rings. The Morgan fingerprint density at radius 3 is 3.27 bits per heavy atom. The normalized spacial score (nSPS) is 22.7. The fourth-order valence-corrected chi connectivity index (χ4v) is 0.969. The van der Waals surface area contributed by atoms with E-state index in [1.54, 1.807) is 24.3 Å². The zero-order valence-electron chi connectivity index (χ0n) is 6.70. The topological polar surface area (TPSA) is 38.3 Å². The first-order valence-corrected chi connectivity index (χ1v) is 3.27. The lowest BCUT2D eigenvalue weighted by Gasteiger charge is -2.15. The molecule has 0 bridgehead atoms. The molecule has 1 unspecified atom stereocenters. The summed E-state index contributed by atoms with van der Waals surface area (Å²) in [6, 6.07) is 7.01. The highest BCUT2D eigenvalue weighted by Gasteiger charge is 2.14. The molecule has 1 aromatic carbocycles. The van der Waals surface area contributed by atoms with E-state index in [-0.39, 0.29) is 0 Å². The van der Waals surface area contributed by atoms with Gasteiger partial charge in [0.15, 0.2) is 5.75 Å². The molecule has 1 aromatic rings. The molecule has 0 saturated heterocycles. The molecule has 0 saturated carbocycles. The van der Waals surface area contributed by atoms with E-state index in [0.717, 1.165) is 0 Å². The third kappa shape index (κ3) is 1.05. The van der Waals surface area contributed by atoms with Crippen LogP contribution >= 0.6 is 0 Å². The quantitative estimate of drug-likeness (QED) is 0.589. The van der Waals surface area contributed by atoms with E-state index < -0.39 is 12.3 Å². The maximum Gasteiger partial charge on any atom is 0.257 e. The van der Waals surface area contributed by atoms with Gasteiger partial charge in [0.25, 0.3) is 5.91 Å². The number of hydrogen-bond donors (Lipinski definition) is 1.